The van der Waals surface area contributed by atoms with Crippen LogP contribution in [0.15, 0.2) is 24.3 Å². The number of aliphatic hydroxyl groups excluding tert-OH is 1. The van der Waals surface area contributed by atoms with E-state index in [9.17, 15) is 23.1 Å². The maximum Gasteiger partial charge on any atom is 0.406 e. The lowest BCUT2D eigenvalue weighted by molar-refractivity contribution is -0.157. The van der Waals surface area contributed by atoms with E-state index in [1.165, 1.54) is 0 Å². The van der Waals surface area contributed by atoms with Crippen LogP contribution in [0.25, 0.3) is 0 Å². The van der Waals surface area contributed by atoms with Gasteiger partial charge < -0.3 is 14.9 Å². The van der Waals surface area contributed by atoms with Crippen LogP contribution in [-0.4, -0.2) is 47.8 Å². The first-order chi connectivity index (χ1) is 10.4. The maximum atomic E-state index is 12.5. The van der Waals surface area contributed by atoms with Gasteiger partial charge in [0, 0.05) is 18.8 Å². The summed E-state index contributed by atoms with van der Waals surface area (Å²) in [4.78, 5) is 14.9. The highest BCUT2D eigenvalue weighted by molar-refractivity contribution is 5.87. The summed E-state index contributed by atoms with van der Waals surface area (Å²) in [5, 5.41) is 9.18. The molecule has 1 aromatic carbocycles. The monoisotopic (exact) mass is 316 g/mol. The van der Waals surface area contributed by atoms with Gasteiger partial charge in [-0.25, -0.2) is 0 Å². The molecule has 1 atom stereocenters. The first-order valence-electron chi connectivity index (χ1n) is 7.17. The lowest BCUT2D eigenvalue weighted by Gasteiger charge is -2.29. The van der Waals surface area contributed by atoms with E-state index in [2.05, 4.69) is 0 Å². The van der Waals surface area contributed by atoms with Gasteiger partial charge in [0.05, 0.1) is 6.61 Å². The number of rotatable bonds is 5. The van der Waals surface area contributed by atoms with Crippen LogP contribution in [0.4, 0.5) is 18.9 Å². The fourth-order valence-corrected chi connectivity index (χ4v) is 2.80. The molecular weight excluding hydrogens is 297 g/mol. The van der Waals surface area contributed by atoms with Crippen molar-refractivity contribution < 1.29 is 23.1 Å². The summed E-state index contributed by atoms with van der Waals surface area (Å²) in [6, 6.07) is 6.48. The highest BCUT2D eigenvalue weighted by Crippen LogP contribution is 2.27. The van der Waals surface area contributed by atoms with Gasteiger partial charge in [0.25, 0.3) is 0 Å². The molecule has 122 valence electrons. The Kier molecular flexibility index (Phi) is 4.95. The van der Waals surface area contributed by atoms with Gasteiger partial charge in [0.15, 0.2) is 0 Å². The lowest BCUT2D eigenvalue weighted by Crippen LogP contribution is -2.44. The third kappa shape index (κ3) is 3.71. The second-order valence-electron chi connectivity index (χ2n) is 5.29. The predicted octanol–water partition coefficient (Wildman–Crippen LogP) is 2.17. The van der Waals surface area contributed by atoms with Crippen molar-refractivity contribution in [2.24, 2.45) is 0 Å². The minimum absolute atomic E-state index is 0.110. The number of carbonyl (C=O) groups is 1. The van der Waals surface area contributed by atoms with E-state index in [0.29, 0.717) is 18.5 Å². The van der Waals surface area contributed by atoms with Gasteiger partial charge in [-0.15, -0.1) is 0 Å². The van der Waals surface area contributed by atoms with Gasteiger partial charge >= 0.3 is 6.18 Å². The summed E-state index contributed by atoms with van der Waals surface area (Å²) in [6.45, 7) is 1.15. The molecule has 1 aliphatic rings. The Morgan fingerprint density at radius 3 is 2.73 bits per heavy atom. The van der Waals surface area contributed by atoms with E-state index in [1.807, 2.05) is 6.92 Å². The van der Waals surface area contributed by atoms with Gasteiger partial charge in [-0.05, 0) is 31.0 Å². The van der Waals surface area contributed by atoms with Crippen molar-refractivity contribution in [3.8, 4) is 0 Å². The molecule has 1 aromatic rings. The number of nitrogens with zero attached hydrogens (tertiary/aromatic N) is 2. The molecule has 1 unspecified atom stereocenters. The average Bonchev–Trinajstić information content (AvgIpc) is 2.80. The summed E-state index contributed by atoms with van der Waals surface area (Å²) in [7, 11) is 0. The zero-order chi connectivity index (χ0) is 16.3. The van der Waals surface area contributed by atoms with Crippen molar-refractivity contribution in [2.45, 2.75) is 32.2 Å². The molecule has 1 N–H and O–H groups in total. The number of benzene rings is 1. The number of likely N-dealkylation sites (tertiary alicyclic amines) is 1. The van der Waals surface area contributed by atoms with E-state index in [-0.39, 0.29) is 13.2 Å². The van der Waals surface area contributed by atoms with Gasteiger partial charge in [-0.1, -0.05) is 12.1 Å². The zero-order valence-electron chi connectivity index (χ0n) is 12.3. The number of anilines is 1. The molecule has 1 aliphatic heterocycles. The van der Waals surface area contributed by atoms with Crippen LogP contribution >= 0.6 is 0 Å². The van der Waals surface area contributed by atoms with E-state index < -0.39 is 24.7 Å². The number of aliphatic hydroxyl groups is 1. The Labute approximate surface area is 127 Å². The number of hydrogen-bond acceptors (Lipinski definition) is 3. The molecule has 0 spiro atoms. The topological polar surface area (TPSA) is 43.8 Å². The molecule has 0 saturated carbocycles. The number of likely N-dealkylation sites (N-methyl/N-ethyl adjacent to an activating group) is 1. The van der Waals surface area contributed by atoms with Gasteiger partial charge in [-0.2, -0.15) is 13.2 Å². The van der Waals surface area contributed by atoms with Crippen LogP contribution in [0.5, 0.6) is 0 Å². The summed E-state index contributed by atoms with van der Waals surface area (Å²) >= 11 is 0. The SMILES string of the molecule is CCN(c1cccc(CO)c1)C1CCN(CC(F)(F)F)C1=O. The molecule has 1 amide bonds. The summed E-state index contributed by atoms with van der Waals surface area (Å²) in [5.74, 6) is -0.492. The maximum absolute atomic E-state index is 12.5. The lowest BCUT2D eigenvalue weighted by atomic mass is 10.1. The Morgan fingerprint density at radius 1 is 1.41 bits per heavy atom. The molecule has 22 heavy (non-hydrogen) atoms. The third-order valence-corrected chi connectivity index (χ3v) is 3.78. The molecule has 7 heteroatoms. The van der Waals surface area contributed by atoms with Crippen LogP contribution in [0.1, 0.15) is 18.9 Å². The molecule has 0 radical (unpaired) electrons. The van der Waals surface area contributed by atoms with Crippen LogP contribution in [-0.2, 0) is 11.4 Å². The van der Waals surface area contributed by atoms with Crippen molar-refractivity contribution >= 4 is 11.6 Å². The quantitative estimate of drug-likeness (QED) is 0.905. The van der Waals surface area contributed by atoms with Gasteiger partial charge in [0.1, 0.15) is 12.6 Å². The Morgan fingerprint density at radius 2 is 2.14 bits per heavy atom. The second-order valence-corrected chi connectivity index (χ2v) is 5.29. The van der Waals surface area contributed by atoms with Crippen molar-refractivity contribution in [2.75, 3.05) is 24.5 Å². The fourth-order valence-electron chi connectivity index (χ4n) is 2.80. The molecule has 0 aromatic heterocycles. The highest BCUT2D eigenvalue weighted by Gasteiger charge is 2.41. The van der Waals surface area contributed by atoms with E-state index in [1.54, 1.807) is 29.2 Å². The minimum Gasteiger partial charge on any atom is -0.392 e. The number of halogens is 3. The molecule has 1 heterocycles. The summed E-state index contributed by atoms with van der Waals surface area (Å²) in [6.07, 6.45) is -4.01. The molecule has 2 rings (SSSR count). The molecule has 0 aliphatic carbocycles. The fraction of sp³-hybridized carbons (Fsp3) is 0.533. The van der Waals surface area contributed by atoms with Crippen molar-refractivity contribution in [1.29, 1.82) is 0 Å². The Hall–Kier alpha value is -1.76. The zero-order valence-corrected chi connectivity index (χ0v) is 12.3. The third-order valence-electron chi connectivity index (χ3n) is 3.78. The van der Waals surface area contributed by atoms with E-state index in [0.717, 1.165) is 10.6 Å². The normalized spacial score (nSPS) is 18.9. The first-order valence-corrected chi connectivity index (χ1v) is 7.17. The van der Waals surface area contributed by atoms with Crippen LogP contribution < -0.4 is 4.90 Å². The molecular formula is C15H19F3N2O2. The molecule has 1 saturated heterocycles. The van der Waals surface area contributed by atoms with E-state index in [4.69, 9.17) is 0 Å². The van der Waals surface area contributed by atoms with Gasteiger partial charge in [0.2, 0.25) is 5.91 Å². The Balaban J connectivity index is 2.16. The van der Waals surface area contributed by atoms with E-state index >= 15 is 0 Å². The highest BCUT2D eigenvalue weighted by atomic mass is 19.4. The van der Waals surface area contributed by atoms with Crippen LogP contribution in [0.2, 0.25) is 0 Å². The molecule has 0 bridgehead atoms. The summed E-state index contributed by atoms with van der Waals surface area (Å²) < 4.78 is 37.4. The van der Waals surface area contributed by atoms with Crippen molar-refractivity contribution in [3.63, 3.8) is 0 Å². The minimum atomic E-state index is -4.38. The van der Waals surface area contributed by atoms with Crippen molar-refractivity contribution in [3.05, 3.63) is 29.8 Å². The smallest absolute Gasteiger partial charge is 0.392 e. The number of amides is 1. The van der Waals surface area contributed by atoms with Crippen LogP contribution in [0, 0.1) is 0 Å². The largest absolute Gasteiger partial charge is 0.406 e. The Bertz CT molecular complexity index is 534. The van der Waals surface area contributed by atoms with Crippen LogP contribution in [0.3, 0.4) is 0 Å². The number of carbonyl (C=O) groups excluding carboxylic acids is 1. The number of alkyl halides is 3. The second kappa shape index (κ2) is 6.56. The standard InChI is InChI=1S/C15H19F3N2O2/c1-2-20(12-5-3-4-11(8-12)9-21)13-6-7-19(14(13)22)10-15(16,17)18/h3-5,8,13,21H,2,6-7,9-10H2,1H3. The van der Waals surface area contributed by atoms with Gasteiger partial charge in [-0.3, -0.25) is 4.79 Å². The predicted molar refractivity (Wildman–Crippen MR) is 76.4 cm³/mol. The molecule has 1 fully saturated rings. The average molecular weight is 316 g/mol. The number of hydrogen-bond donors (Lipinski definition) is 1. The van der Waals surface area contributed by atoms with Crippen molar-refractivity contribution in [1.82, 2.24) is 4.90 Å². The first kappa shape index (κ1) is 16.6. The summed E-state index contributed by atoms with van der Waals surface area (Å²) in [5.41, 5.74) is 1.44. The molecule has 4 nitrogen and oxygen atoms in total.